The first-order valence-corrected chi connectivity index (χ1v) is 10.9. The van der Waals surface area contributed by atoms with Crippen molar-refractivity contribution in [3.8, 4) is 5.88 Å². The van der Waals surface area contributed by atoms with Crippen molar-refractivity contribution >= 4 is 17.2 Å². The zero-order valence-electron chi connectivity index (χ0n) is 17.5. The molecule has 8 nitrogen and oxygen atoms in total. The number of piperidine rings is 1. The number of likely N-dealkylation sites (tertiary alicyclic amines) is 1. The Balaban J connectivity index is 1.11. The molecule has 8 heteroatoms. The lowest BCUT2D eigenvalue weighted by atomic mass is 9.97. The molecule has 2 fully saturated rings. The number of anilines is 1. The lowest BCUT2D eigenvalue weighted by molar-refractivity contribution is 0.0659. The van der Waals surface area contributed by atoms with Crippen LogP contribution in [-0.4, -0.2) is 71.4 Å². The number of fused-ring (bicyclic) bond motifs is 1. The molecule has 2 aliphatic rings. The molecule has 0 spiro atoms. The van der Waals surface area contributed by atoms with Crippen LogP contribution in [0.1, 0.15) is 23.2 Å². The van der Waals surface area contributed by atoms with E-state index in [-0.39, 0.29) is 5.91 Å². The molecule has 1 aromatic carbocycles. The second-order valence-corrected chi connectivity index (χ2v) is 8.09. The molecule has 162 valence electrons. The van der Waals surface area contributed by atoms with E-state index in [4.69, 9.17) is 9.47 Å². The Morgan fingerprint density at radius 1 is 1.03 bits per heavy atom. The van der Waals surface area contributed by atoms with Crippen molar-refractivity contribution < 1.29 is 14.3 Å². The molecule has 0 saturated carbocycles. The van der Waals surface area contributed by atoms with Gasteiger partial charge >= 0.3 is 0 Å². The number of rotatable bonds is 5. The number of morpholine rings is 1. The van der Waals surface area contributed by atoms with E-state index in [9.17, 15) is 4.79 Å². The fourth-order valence-corrected chi connectivity index (χ4v) is 4.20. The molecular formula is C23H27N5O3. The highest BCUT2D eigenvalue weighted by Gasteiger charge is 2.24. The maximum absolute atomic E-state index is 12.9. The molecule has 1 amide bonds. The van der Waals surface area contributed by atoms with Gasteiger partial charge in [0.25, 0.3) is 5.91 Å². The third-order valence-corrected chi connectivity index (χ3v) is 6.09. The summed E-state index contributed by atoms with van der Waals surface area (Å²) in [5.41, 5.74) is 2.71. The summed E-state index contributed by atoms with van der Waals surface area (Å²) >= 11 is 0. The Labute approximate surface area is 181 Å². The first kappa shape index (κ1) is 19.8. The van der Waals surface area contributed by atoms with E-state index >= 15 is 0 Å². The molecule has 2 aliphatic heterocycles. The number of hydrogen-bond acceptors (Lipinski definition) is 6. The topological polar surface area (TPSA) is 72.2 Å². The van der Waals surface area contributed by atoms with Crippen LogP contribution in [0, 0.1) is 5.92 Å². The van der Waals surface area contributed by atoms with Crippen LogP contribution >= 0.6 is 0 Å². The molecule has 0 N–H and O–H groups in total. The third kappa shape index (κ3) is 4.49. The van der Waals surface area contributed by atoms with Gasteiger partial charge in [0.15, 0.2) is 5.65 Å². The number of imidazole rings is 1. The third-order valence-electron chi connectivity index (χ3n) is 6.09. The van der Waals surface area contributed by atoms with Crippen molar-refractivity contribution in [1.82, 2.24) is 19.5 Å². The SMILES string of the molecule is O=C(c1ccc(N2CCOCC2)cc1)N1CCC(COc2ccc3nccn3n2)CC1. The Morgan fingerprint density at radius 3 is 2.58 bits per heavy atom. The lowest BCUT2D eigenvalue weighted by Crippen LogP contribution is -2.39. The van der Waals surface area contributed by atoms with Crippen LogP contribution in [0.2, 0.25) is 0 Å². The van der Waals surface area contributed by atoms with Gasteiger partial charge in [-0.2, -0.15) is 0 Å². The lowest BCUT2D eigenvalue weighted by Gasteiger charge is -2.32. The van der Waals surface area contributed by atoms with Crippen LogP contribution < -0.4 is 9.64 Å². The number of ether oxygens (including phenoxy) is 2. The highest BCUT2D eigenvalue weighted by molar-refractivity contribution is 5.94. The average Bonchev–Trinajstić information content (AvgIpc) is 3.31. The first-order chi connectivity index (χ1) is 15.3. The van der Waals surface area contributed by atoms with Crippen LogP contribution in [0.15, 0.2) is 48.8 Å². The van der Waals surface area contributed by atoms with Gasteiger partial charge in [-0.1, -0.05) is 0 Å². The summed E-state index contributed by atoms with van der Waals surface area (Å²) in [7, 11) is 0. The molecule has 0 aliphatic carbocycles. The molecule has 5 rings (SSSR count). The van der Waals surface area contributed by atoms with Gasteiger partial charge < -0.3 is 19.3 Å². The van der Waals surface area contributed by atoms with Crippen molar-refractivity contribution in [3.05, 3.63) is 54.4 Å². The van der Waals surface area contributed by atoms with Crippen molar-refractivity contribution in [1.29, 1.82) is 0 Å². The molecule has 3 aromatic rings. The monoisotopic (exact) mass is 421 g/mol. The molecular weight excluding hydrogens is 394 g/mol. The maximum atomic E-state index is 12.9. The number of aromatic nitrogens is 3. The van der Waals surface area contributed by atoms with E-state index in [1.165, 1.54) is 0 Å². The second kappa shape index (κ2) is 8.93. The van der Waals surface area contributed by atoms with E-state index in [0.29, 0.717) is 18.4 Å². The Kier molecular flexibility index (Phi) is 5.71. The number of hydrogen-bond donors (Lipinski definition) is 0. The van der Waals surface area contributed by atoms with Gasteiger partial charge in [-0.3, -0.25) is 4.79 Å². The Hall–Kier alpha value is -3.13. The van der Waals surface area contributed by atoms with E-state index in [1.54, 1.807) is 16.9 Å². The van der Waals surface area contributed by atoms with Crippen molar-refractivity contribution in [3.63, 3.8) is 0 Å². The number of carbonyl (C=O) groups is 1. The number of benzene rings is 1. The number of amides is 1. The van der Waals surface area contributed by atoms with Gasteiger partial charge in [0.05, 0.1) is 19.8 Å². The predicted molar refractivity (Wildman–Crippen MR) is 117 cm³/mol. The highest BCUT2D eigenvalue weighted by Crippen LogP contribution is 2.22. The van der Waals surface area contributed by atoms with Crippen molar-refractivity contribution in [2.24, 2.45) is 5.92 Å². The van der Waals surface area contributed by atoms with Crippen molar-refractivity contribution in [2.45, 2.75) is 12.8 Å². The van der Waals surface area contributed by atoms with Crippen LogP contribution in [-0.2, 0) is 4.74 Å². The fourth-order valence-electron chi connectivity index (χ4n) is 4.20. The summed E-state index contributed by atoms with van der Waals surface area (Å²) in [6, 6.07) is 11.7. The number of carbonyl (C=O) groups excluding carboxylic acids is 1. The molecule has 0 atom stereocenters. The molecule has 4 heterocycles. The minimum atomic E-state index is 0.111. The van der Waals surface area contributed by atoms with E-state index in [1.807, 2.05) is 41.3 Å². The molecule has 0 unspecified atom stereocenters. The smallest absolute Gasteiger partial charge is 0.253 e. The second-order valence-electron chi connectivity index (χ2n) is 8.09. The van der Waals surface area contributed by atoms with E-state index < -0.39 is 0 Å². The predicted octanol–water partition coefficient (Wildman–Crippen LogP) is 2.50. The Bertz CT molecular complexity index is 1020. The molecule has 2 saturated heterocycles. The van der Waals surface area contributed by atoms with Gasteiger partial charge in [-0.25, -0.2) is 9.50 Å². The van der Waals surface area contributed by atoms with Gasteiger partial charge in [0.2, 0.25) is 5.88 Å². The van der Waals surface area contributed by atoms with Crippen LogP contribution in [0.5, 0.6) is 5.88 Å². The van der Waals surface area contributed by atoms with Crippen LogP contribution in [0.3, 0.4) is 0 Å². The summed E-state index contributed by atoms with van der Waals surface area (Å²) in [4.78, 5) is 21.4. The van der Waals surface area contributed by atoms with Crippen molar-refractivity contribution in [2.75, 3.05) is 50.9 Å². The summed E-state index contributed by atoms with van der Waals surface area (Å²) < 4.78 is 13.0. The van der Waals surface area contributed by atoms with Gasteiger partial charge in [0.1, 0.15) is 0 Å². The zero-order valence-corrected chi connectivity index (χ0v) is 17.5. The quantitative estimate of drug-likeness (QED) is 0.630. The van der Waals surface area contributed by atoms with Gasteiger partial charge in [-0.15, -0.1) is 5.10 Å². The van der Waals surface area contributed by atoms with Gasteiger partial charge in [0, 0.05) is 55.9 Å². The number of nitrogens with zero attached hydrogens (tertiary/aromatic N) is 5. The summed E-state index contributed by atoms with van der Waals surface area (Å²) in [6.07, 6.45) is 5.39. The van der Waals surface area contributed by atoms with Crippen LogP contribution in [0.4, 0.5) is 5.69 Å². The highest BCUT2D eigenvalue weighted by atomic mass is 16.5. The van der Waals surface area contributed by atoms with E-state index in [0.717, 1.165) is 69.1 Å². The summed E-state index contributed by atoms with van der Waals surface area (Å²) in [5, 5.41) is 4.40. The first-order valence-electron chi connectivity index (χ1n) is 10.9. The largest absolute Gasteiger partial charge is 0.476 e. The zero-order chi connectivity index (χ0) is 21.0. The maximum Gasteiger partial charge on any atom is 0.253 e. The van der Waals surface area contributed by atoms with Crippen LogP contribution in [0.25, 0.3) is 5.65 Å². The molecule has 0 radical (unpaired) electrons. The molecule has 0 bridgehead atoms. The molecule has 31 heavy (non-hydrogen) atoms. The molecule has 2 aromatic heterocycles. The normalized spacial score (nSPS) is 17.8. The fraction of sp³-hybridized carbons (Fsp3) is 0.435. The minimum Gasteiger partial charge on any atom is -0.476 e. The Morgan fingerprint density at radius 2 is 1.81 bits per heavy atom. The summed E-state index contributed by atoms with van der Waals surface area (Å²) in [6.45, 7) is 5.44. The average molecular weight is 422 g/mol. The van der Waals surface area contributed by atoms with Gasteiger partial charge in [-0.05, 0) is 49.1 Å². The standard InChI is InChI=1S/C23H27N5O3/c29-23(19-1-3-20(4-2-19)26-13-15-30-16-14-26)27-10-7-18(8-11-27)17-31-22-6-5-21-24-9-12-28(21)25-22/h1-6,9,12,18H,7-8,10-11,13-17H2. The summed E-state index contributed by atoms with van der Waals surface area (Å²) in [5.74, 6) is 1.14. The van der Waals surface area contributed by atoms with E-state index in [2.05, 4.69) is 15.0 Å². The minimum absolute atomic E-state index is 0.111.